The molecule has 0 saturated carbocycles. The molecule has 2 aromatic carbocycles. The molecule has 0 unspecified atom stereocenters. The van der Waals surface area contributed by atoms with E-state index in [1.165, 1.54) is 0 Å². The van der Waals surface area contributed by atoms with Crippen molar-refractivity contribution in [3.05, 3.63) is 57.0 Å². The molecule has 4 nitrogen and oxygen atoms in total. The first kappa shape index (κ1) is 17.3. The zero-order valence-corrected chi connectivity index (χ0v) is 15.5. The number of anilines is 2. The summed E-state index contributed by atoms with van der Waals surface area (Å²) in [5.74, 6) is -0.760. The van der Waals surface area contributed by atoms with Crippen LogP contribution in [0.15, 0.2) is 46.9 Å². The Balaban J connectivity index is 1.72. The van der Waals surface area contributed by atoms with Gasteiger partial charge in [-0.1, -0.05) is 35.3 Å². The first-order valence-corrected chi connectivity index (χ1v) is 8.81. The lowest BCUT2D eigenvalue weighted by Gasteiger charge is -2.18. The fraction of sp³-hybridized carbons (Fsp3) is 0.176. The van der Waals surface area contributed by atoms with E-state index in [-0.39, 0.29) is 18.2 Å². The van der Waals surface area contributed by atoms with Crippen molar-refractivity contribution in [3.8, 4) is 0 Å². The van der Waals surface area contributed by atoms with Gasteiger partial charge in [0.15, 0.2) is 0 Å². The van der Waals surface area contributed by atoms with E-state index < -0.39 is 5.92 Å². The number of benzene rings is 2. The fourth-order valence-corrected chi connectivity index (χ4v) is 3.27. The second-order valence-electron chi connectivity index (χ2n) is 5.47. The van der Waals surface area contributed by atoms with Crippen LogP contribution < -0.4 is 10.2 Å². The third-order valence-corrected chi connectivity index (χ3v) is 5.38. The summed E-state index contributed by atoms with van der Waals surface area (Å²) in [5.41, 5.74) is 1.22. The summed E-state index contributed by atoms with van der Waals surface area (Å²) < 4.78 is 0.753. The summed E-state index contributed by atoms with van der Waals surface area (Å²) >= 11 is 15.5. The highest BCUT2D eigenvalue weighted by atomic mass is 79.9. The van der Waals surface area contributed by atoms with Gasteiger partial charge in [-0.05, 0) is 46.3 Å². The molecule has 24 heavy (non-hydrogen) atoms. The Hall–Kier alpha value is -1.56. The van der Waals surface area contributed by atoms with E-state index in [1.54, 1.807) is 41.3 Å². The molecular weight excluding hydrogens is 415 g/mol. The molecule has 1 heterocycles. The molecule has 1 aliphatic heterocycles. The Bertz CT molecular complexity index is 813. The second kappa shape index (κ2) is 7.13. The highest BCUT2D eigenvalue weighted by Gasteiger charge is 2.35. The summed E-state index contributed by atoms with van der Waals surface area (Å²) in [7, 11) is 0. The van der Waals surface area contributed by atoms with Crippen LogP contribution in [0.5, 0.6) is 0 Å². The lowest BCUT2D eigenvalue weighted by atomic mass is 10.1. The lowest BCUT2D eigenvalue weighted by Crippen LogP contribution is -2.28. The maximum absolute atomic E-state index is 12.4. The van der Waals surface area contributed by atoms with Gasteiger partial charge in [-0.15, -0.1) is 0 Å². The van der Waals surface area contributed by atoms with E-state index in [1.807, 2.05) is 6.07 Å². The molecule has 0 aromatic heterocycles. The summed E-state index contributed by atoms with van der Waals surface area (Å²) in [4.78, 5) is 26.3. The van der Waals surface area contributed by atoms with Crippen molar-refractivity contribution in [2.75, 3.05) is 16.8 Å². The molecule has 0 radical (unpaired) electrons. The van der Waals surface area contributed by atoms with Crippen molar-refractivity contribution in [3.63, 3.8) is 0 Å². The molecule has 2 aromatic rings. The Morgan fingerprint density at radius 1 is 1.17 bits per heavy atom. The second-order valence-corrected chi connectivity index (χ2v) is 7.14. The van der Waals surface area contributed by atoms with Crippen LogP contribution in [0.3, 0.4) is 0 Å². The van der Waals surface area contributed by atoms with Crippen molar-refractivity contribution in [1.82, 2.24) is 0 Å². The SMILES string of the molecule is O=C(Nc1ccc(Br)c(Cl)c1)[C@H]1CC(=O)N(c2ccccc2Cl)C1. The van der Waals surface area contributed by atoms with Crippen LogP contribution in [0, 0.1) is 5.92 Å². The summed E-state index contributed by atoms with van der Waals surface area (Å²) in [6.07, 6.45) is 0.154. The van der Waals surface area contributed by atoms with Crippen LogP contribution in [0.2, 0.25) is 10.0 Å². The van der Waals surface area contributed by atoms with Gasteiger partial charge in [0, 0.05) is 23.1 Å². The molecule has 2 amide bonds. The number of carbonyl (C=O) groups excluding carboxylic acids is 2. The van der Waals surface area contributed by atoms with Gasteiger partial charge in [0.05, 0.1) is 21.7 Å². The molecule has 1 saturated heterocycles. The van der Waals surface area contributed by atoms with Crippen LogP contribution in [0.4, 0.5) is 11.4 Å². The highest BCUT2D eigenvalue weighted by molar-refractivity contribution is 9.10. The number of rotatable bonds is 3. The quantitative estimate of drug-likeness (QED) is 0.768. The number of carbonyl (C=O) groups is 2. The molecule has 1 atom stereocenters. The molecule has 0 aliphatic carbocycles. The largest absolute Gasteiger partial charge is 0.326 e. The normalized spacial score (nSPS) is 17.2. The molecule has 7 heteroatoms. The molecule has 1 N–H and O–H groups in total. The van der Waals surface area contributed by atoms with Crippen LogP contribution >= 0.6 is 39.1 Å². The molecule has 3 rings (SSSR count). The van der Waals surface area contributed by atoms with Crippen LogP contribution in [-0.2, 0) is 9.59 Å². The third-order valence-electron chi connectivity index (χ3n) is 3.83. The number of hydrogen-bond acceptors (Lipinski definition) is 2. The minimum absolute atomic E-state index is 0.114. The van der Waals surface area contributed by atoms with Gasteiger partial charge >= 0.3 is 0 Å². The first-order chi connectivity index (χ1) is 11.5. The smallest absolute Gasteiger partial charge is 0.229 e. The Labute approximate surface area is 157 Å². The monoisotopic (exact) mass is 426 g/mol. The van der Waals surface area contributed by atoms with Crippen LogP contribution in [-0.4, -0.2) is 18.4 Å². The number of nitrogens with one attached hydrogen (secondary N) is 1. The number of amides is 2. The van der Waals surface area contributed by atoms with Crippen molar-refractivity contribution >= 4 is 62.3 Å². The molecule has 124 valence electrons. The van der Waals surface area contributed by atoms with Crippen molar-refractivity contribution in [1.29, 1.82) is 0 Å². The summed E-state index contributed by atoms with van der Waals surface area (Å²) in [5, 5.41) is 3.80. The number of nitrogens with zero attached hydrogens (tertiary/aromatic N) is 1. The highest BCUT2D eigenvalue weighted by Crippen LogP contribution is 2.32. The molecule has 0 bridgehead atoms. The van der Waals surface area contributed by atoms with Crippen LogP contribution in [0.1, 0.15) is 6.42 Å². The third kappa shape index (κ3) is 3.58. The van der Waals surface area contributed by atoms with E-state index in [9.17, 15) is 9.59 Å². The van der Waals surface area contributed by atoms with Gasteiger partial charge in [0.25, 0.3) is 0 Å². The van der Waals surface area contributed by atoms with E-state index in [0.717, 1.165) is 4.47 Å². The summed E-state index contributed by atoms with van der Waals surface area (Å²) in [6, 6.07) is 12.3. The lowest BCUT2D eigenvalue weighted by molar-refractivity contribution is -0.122. The average Bonchev–Trinajstić information content (AvgIpc) is 2.93. The van der Waals surface area contributed by atoms with Gasteiger partial charge in [0.2, 0.25) is 11.8 Å². The topological polar surface area (TPSA) is 49.4 Å². The van der Waals surface area contributed by atoms with Gasteiger partial charge in [0.1, 0.15) is 0 Å². The van der Waals surface area contributed by atoms with E-state index in [2.05, 4.69) is 21.2 Å². The molecule has 1 aliphatic rings. The van der Waals surface area contributed by atoms with Gasteiger partial charge < -0.3 is 10.2 Å². The van der Waals surface area contributed by atoms with Gasteiger partial charge in [-0.3, -0.25) is 9.59 Å². The standard InChI is InChI=1S/C17H13BrCl2N2O2/c18-12-6-5-11(8-14(12)20)21-17(24)10-7-16(23)22(9-10)15-4-2-1-3-13(15)19/h1-6,8,10H,7,9H2,(H,21,24)/t10-/m0/s1. The Kier molecular flexibility index (Phi) is 5.13. The zero-order valence-electron chi connectivity index (χ0n) is 12.4. The maximum atomic E-state index is 12.4. The first-order valence-electron chi connectivity index (χ1n) is 7.26. The molecule has 1 fully saturated rings. The maximum Gasteiger partial charge on any atom is 0.229 e. The fourth-order valence-electron chi connectivity index (χ4n) is 2.60. The van der Waals surface area contributed by atoms with Crippen molar-refractivity contribution in [2.45, 2.75) is 6.42 Å². The Morgan fingerprint density at radius 3 is 2.62 bits per heavy atom. The van der Waals surface area contributed by atoms with Crippen molar-refractivity contribution in [2.24, 2.45) is 5.92 Å². The van der Waals surface area contributed by atoms with Gasteiger partial charge in [-0.2, -0.15) is 0 Å². The number of hydrogen-bond donors (Lipinski definition) is 1. The minimum atomic E-state index is -0.434. The van der Waals surface area contributed by atoms with E-state index in [4.69, 9.17) is 23.2 Å². The predicted octanol–water partition coefficient (Wildman–Crippen LogP) is 4.75. The average molecular weight is 428 g/mol. The van der Waals surface area contributed by atoms with E-state index >= 15 is 0 Å². The predicted molar refractivity (Wildman–Crippen MR) is 99.7 cm³/mol. The molecular formula is C17H13BrCl2N2O2. The Morgan fingerprint density at radius 2 is 1.92 bits per heavy atom. The zero-order chi connectivity index (χ0) is 17.3. The van der Waals surface area contributed by atoms with Gasteiger partial charge in [-0.25, -0.2) is 0 Å². The van der Waals surface area contributed by atoms with Crippen LogP contribution in [0.25, 0.3) is 0 Å². The minimum Gasteiger partial charge on any atom is -0.326 e. The van der Waals surface area contributed by atoms with Crippen molar-refractivity contribution < 1.29 is 9.59 Å². The summed E-state index contributed by atoms with van der Waals surface area (Å²) in [6.45, 7) is 0.304. The number of para-hydroxylation sites is 1. The number of halogens is 3. The van der Waals surface area contributed by atoms with E-state index in [0.29, 0.717) is 28.0 Å². The molecule has 0 spiro atoms.